The summed E-state index contributed by atoms with van der Waals surface area (Å²) >= 11 is 0. The van der Waals surface area contributed by atoms with Gasteiger partial charge in [-0.3, -0.25) is 0 Å². The van der Waals surface area contributed by atoms with Crippen molar-refractivity contribution in [1.29, 1.82) is 0 Å². The standard InChI is InChI=1S/C16H35B2O2/c1-11-12-16(9,13(2)3)19-17-18(10)20-15(7,8)14(4,5)6/h13H,11-12H2,1-10H3. The summed E-state index contributed by atoms with van der Waals surface area (Å²) in [5, 5.41) is 0. The van der Waals surface area contributed by atoms with Crippen LogP contribution in [0, 0.1) is 11.3 Å². The molecule has 0 aliphatic rings. The largest absolute Gasteiger partial charge is 0.442 e. The minimum absolute atomic E-state index is 0.0147. The van der Waals surface area contributed by atoms with E-state index in [2.05, 4.69) is 69.1 Å². The number of hydrogen-bond donors (Lipinski definition) is 0. The quantitative estimate of drug-likeness (QED) is 0.595. The lowest BCUT2D eigenvalue weighted by Gasteiger charge is -2.41. The van der Waals surface area contributed by atoms with Crippen molar-refractivity contribution in [3.05, 3.63) is 0 Å². The molecule has 0 aliphatic carbocycles. The van der Waals surface area contributed by atoms with Crippen molar-refractivity contribution >= 4 is 14.2 Å². The second-order valence-corrected chi connectivity index (χ2v) is 8.05. The van der Waals surface area contributed by atoms with Crippen molar-refractivity contribution in [2.24, 2.45) is 11.3 Å². The first-order valence-corrected chi connectivity index (χ1v) is 8.04. The summed E-state index contributed by atoms with van der Waals surface area (Å²) in [6.07, 6.45) is 2.20. The molecule has 117 valence electrons. The van der Waals surface area contributed by atoms with Crippen molar-refractivity contribution in [2.45, 2.75) is 93.2 Å². The van der Waals surface area contributed by atoms with Crippen LogP contribution in [0.5, 0.6) is 0 Å². The monoisotopic (exact) mass is 281 g/mol. The van der Waals surface area contributed by atoms with E-state index < -0.39 is 0 Å². The Hall–Kier alpha value is 0.0499. The molecule has 0 rings (SSSR count). The van der Waals surface area contributed by atoms with Crippen molar-refractivity contribution in [2.75, 3.05) is 0 Å². The molecule has 0 aromatic rings. The van der Waals surface area contributed by atoms with Crippen LogP contribution in [0.25, 0.3) is 0 Å². The average Bonchev–Trinajstić information content (AvgIpc) is 2.24. The third kappa shape index (κ3) is 5.81. The van der Waals surface area contributed by atoms with E-state index in [-0.39, 0.29) is 23.4 Å². The Morgan fingerprint density at radius 1 is 1.05 bits per heavy atom. The summed E-state index contributed by atoms with van der Waals surface area (Å²) in [5.74, 6) is 0.488. The minimum atomic E-state index is -0.189. The topological polar surface area (TPSA) is 18.5 Å². The zero-order valence-electron chi connectivity index (χ0n) is 15.5. The summed E-state index contributed by atoms with van der Waals surface area (Å²) in [6, 6.07) is 0. The Kier molecular flexibility index (Phi) is 7.37. The van der Waals surface area contributed by atoms with Gasteiger partial charge in [0.15, 0.2) is 0 Å². The highest BCUT2D eigenvalue weighted by Crippen LogP contribution is 2.33. The van der Waals surface area contributed by atoms with Gasteiger partial charge in [-0.15, -0.1) is 0 Å². The molecule has 0 bridgehead atoms. The summed E-state index contributed by atoms with van der Waals surface area (Å²) in [4.78, 5) is 0. The molecule has 0 saturated carbocycles. The lowest BCUT2D eigenvalue weighted by atomic mass is 9.43. The highest BCUT2D eigenvalue weighted by molar-refractivity contribution is 7.05. The molecule has 4 heteroatoms. The van der Waals surface area contributed by atoms with E-state index in [4.69, 9.17) is 9.31 Å². The van der Waals surface area contributed by atoms with E-state index in [0.29, 0.717) is 5.92 Å². The SMILES string of the molecule is CCCC(C)(O[B]B(C)OC(C)(C)C(C)(C)C)C(C)C. The zero-order chi connectivity index (χ0) is 16.2. The van der Waals surface area contributed by atoms with Crippen LogP contribution < -0.4 is 0 Å². The van der Waals surface area contributed by atoms with E-state index in [1.165, 1.54) is 0 Å². The molecular weight excluding hydrogens is 246 g/mol. The van der Waals surface area contributed by atoms with Crippen LogP contribution in [-0.2, 0) is 9.31 Å². The van der Waals surface area contributed by atoms with E-state index in [9.17, 15) is 0 Å². The third-order valence-corrected chi connectivity index (χ3v) is 4.78. The molecule has 1 unspecified atom stereocenters. The van der Waals surface area contributed by atoms with Gasteiger partial charge in [-0.05, 0) is 38.5 Å². The Morgan fingerprint density at radius 3 is 1.90 bits per heavy atom. The molecule has 0 amide bonds. The first kappa shape index (κ1) is 20.0. The third-order valence-electron chi connectivity index (χ3n) is 4.78. The first-order chi connectivity index (χ1) is 8.85. The minimum Gasteiger partial charge on any atom is -0.442 e. The molecule has 0 spiro atoms. The Labute approximate surface area is 128 Å². The van der Waals surface area contributed by atoms with Gasteiger partial charge in [0.1, 0.15) is 0 Å². The highest BCUT2D eigenvalue weighted by atomic mass is 16.5. The summed E-state index contributed by atoms with van der Waals surface area (Å²) < 4.78 is 12.3. The van der Waals surface area contributed by atoms with Crippen LogP contribution in [0.15, 0.2) is 0 Å². The van der Waals surface area contributed by atoms with Crippen molar-refractivity contribution in [3.8, 4) is 0 Å². The summed E-state index contributed by atoms with van der Waals surface area (Å²) in [6.45, 7) is 21.8. The van der Waals surface area contributed by atoms with Gasteiger partial charge in [0, 0.05) is 11.2 Å². The molecular formula is C16H35B2O2. The van der Waals surface area contributed by atoms with E-state index in [0.717, 1.165) is 12.8 Å². The van der Waals surface area contributed by atoms with Gasteiger partial charge < -0.3 is 9.31 Å². The molecule has 0 saturated heterocycles. The maximum absolute atomic E-state index is 6.17. The zero-order valence-corrected chi connectivity index (χ0v) is 15.5. The van der Waals surface area contributed by atoms with E-state index >= 15 is 0 Å². The van der Waals surface area contributed by atoms with E-state index in [1.807, 2.05) is 7.37 Å². The smallest absolute Gasteiger partial charge is 0.290 e. The van der Waals surface area contributed by atoms with Crippen LogP contribution in [0.1, 0.15) is 75.2 Å². The molecule has 1 radical (unpaired) electrons. The second kappa shape index (κ2) is 7.35. The molecule has 0 aliphatic heterocycles. The van der Waals surface area contributed by atoms with Gasteiger partial charge in [0.2, 0.25) is 0 Å². The molecule has 0 fully saturated rings. The fraction of sp³-hybridized carbons (Fsp3) is 1.00. The van der Waals surface area contributed by atoms with Gasteiger partial charge in [-0.25, -0.2) is 0 Å². The summed E-state index contributed by atoms with van der Waals surface area (Å²) in [5.41, 5.74) is -0.191. The van der Waals surface area contributed by atoms with Gasteiger partial charge in [0.05, 0.1) is 0 Å². The van der Waals surface area contributed by atoms with Crippen molar-refractivity contribution in [3.63, 3.8) is 0 Å². The molecule has 20 heavy (non-hydrogen) atoms. The van der Waals surface area contributed by atoms with Crippen LogP contribution in [0.4, 0.5) is 0 Å². The maximum atomic E-state index is 6.17. The van der Waals surface area contributed by atoms with Gasteiger partial charge in [-0.2, -0.15) is 0 Å². The maximum Gasteiger partial charge on any atom is 0.290 e. The van der Waals surface area contributed by atoms with Gasteiger partial charge in [-0.1, -0.05) is 54.8 Å². The molecule has 0 aromatic heterocycles. The van der Waals surface area contributed by atoms with Crippen LogP contribution in [0.3, 0.4) is 0 Å². The predicted octanol–water partition coefficient (Wildman–Crippen LogP) is 4.80. The predicted molar refractivity (Wildman–Crippen MR) is 91.2 cm³/mol. The van der Waals surface area contributed by atoms with Crippen LogP contribution in [0.2, 0.25) is 6.82 Å². The highest BCUT2D eigenvalue weighted by Gasteiger charge is 2.37. The van der Waals surface area contributed by atoms with Crippen molar-refractivity contribution in [1.82, 2.24) is 0 Å². The molecule has 1 atom stereocenters. The Bertz CT molecular complexity index is 285. The van der Waals surface area contributed by atoms with Crippen molar-refractivity contribution < 1.29 is 9.31 Å². The van der Waals surface area contributed by atoms with E-state index in [1.54, 1.807) is 0 Å². The summed E-state index contributed by atoms with van der Waals surface area (Å²) in [7, 11) is 1.88. The van der Waals surface area contributed by atoms with Crippen LogP contribution in [-0.4, -0.2) is 25.4 Å². The lowest BCUT2D eigenvalue weighted by molar-refractivity contribution is -0.00227. The number of rotatable bonds is 8. The molecule has 0 heterocycles. The van der Waals surface area contributed by atoms with Gasteiger partial charge in [0.25, 0.3) is 14.2 Å². The average molecular weight is 281 g/mol. The number of hydrogen-bond acceptors (Lipinski definition) is 2. The lowest BCUT2D eigenvalue weighted by Crippen LogP contribution is -2.47. The second-order valence-electron chi connectivity index (χ2n) is 8.05. The Balaban J connectivity index is 4.52. The van der Waals surface area contributed by atoms with Crippen LogP contribution >= 0.6 is 0 Å². The fourth-order valence-corrected chi connectivity index (χ4v) is 1.90. The molecule has 0 N–H and O–H groups in total. The molecule has 0 aromatic carbocycles. The van der Waals surface area contributed by atoms with Gasteiger partial charge >= 0.3 is 0 Å². The molecule has 2 nitrogen and oxygen atoms in total. The fourth-order valence-electron chi connectivity index (χ4n) is 1.90. The first-order valence-electron chi connectivity index (χ1n) is 8.04. The Morgan fingerprint density at radius 2 is 1.55 bits per heavy atom. The normalized spacial score (nSPS) is 16.1.